The fraction of sp³-hybridized carbons (Fsp3) is 0.0833. The van der Waals surface area contributed by atoms with Gasteiger partial charge < -0.3 is 5.32 Å². The van der Waals surface area contributed by atoms with Gasteiger partial charge in [0.2, 0.25) is 5.91 Å². The number of nitrogens with zero attached hydrogens (tertiary/aromatic N) is 3. The lowest BCUT2D eigenvalue weighted by molar-refractivity contribution is -0.124. The van der Waals surface area contributed by atoms with Crippen LogP contribution in [0.5, 0.6) is 0 Å². The average molecular weight is 523 g/mol. The second-order valence-corrected chi connectivity index (χ2v) is 9.17. The molecule has 0 radical (unpaired) electrons. The molecular weight excluding hydrogens is 507 g/mol. The minimum absolute atomic E-state index is 0.0520. The summed E-state index contributed by atoms with van der Waals surface area (Å²) in [5.74, 6) is -0.713. The molecule has 3 aromatic rings. The molecule has 3 aromatic carbocycles. The normalized spacial score (nSPS) is 16.6. The van der Waals surface area contributed by atoms with Crippen molar-refractivity contribution in [3.8, 4) is 0 Å². The number of hydrogen-bond donors (Lipinski definition) is 1. The number of anilines is 1. The van der Waals surface area contributed by atoms with E-state index in [0.29, 0.717) is 21.2 Å². The highest BCUT2D eigenvalue weighted by atomic mass is 79.9. The zero-order chi connectivity index (χ0) is 22.9. The second kappa shape index (κ2) is 8.92. The van der Waals surface area contributed by atoms with Crippen molar-refractivity contribution in [2.75, 3.05) is 11.1 Å². The van der Waals surface area contributed by atoms with E-state index in [-0.39, 0.29) is 17.3 Å². The summed E-state index contributed by atoms with van der Waals surface area (Å²) in [6.45, 7) is 0. The zero-order valence-corrected chi connectivity index (χ0v) is 19.4. The molecule has 0 spiro atoms. The van der Waals surface area contributed by atoms with Crippen LogP contribution in [-0.4, -0.2) is 33.5 Å². The van der Waals surface area contributed by atoms with Crippen molar-refractivity contribution >= 4 is 61.9 Å². The molecule has 2 aliphatic rings. The summed E-state index contributed by atoms with van der Waals surface area (Å²) in [7, 11) is 0. The zero-order valence-electron chi connectivity index (χ0n) is 17.0. The van der Waals surface area contributed by atoms with Crippen molar-refractivity contribution in [1.29, 1.82) is 0 Å². The van der Waals surface area contributed by atoms with Crippen LogP contribution in [0.15, 0.2) is 87.3 Å². The molecule has 0 fully saturated rings. The molecule has 33 heavy (non-hydrogen) atoms. The summed E-state index contributed by atoms with van der Waals surface area (Å²) < 4.78 is 14.6. The molecule has 2 amide bonds. The van der Waals surface area contributed by atoms with Gasteiger partial charge in [0.05, 0.1) is 17.1 Å². The lowest BCUT2D eigenvalue weighted by Crippen LogP contribution is -2.40. The van der Waals surface area contributed by atoms with E-state index in [9.17, 15) is 14.0 Å². The van der Waals surface area contributed by atoms with Crippen molar-refractivity contribution in [2.24, 2.45) is 9.98 Å². The molecule has 0 saturated heterocycles. The first-order valence-corrected chi connectivity index (χ1v) is 11.8. The van der Waals surface area contributed by atoms with Gasteiger partial charge in [-0.05, 0) is 35.9 Å². The number of carbonyl (C=O) groups is 2. The Labute approximate surface area is 201 Å². The van der Waals surface area contributed by atoms with Gasteiger partial charge in [0.25, 0.3) is 5.91 Å². The summed E-state index contributed by atoms with van der Waals surface area (Å²) in [6.07, 6.45) is 0. The molecule has 0 aliphatic carbocycles. The van der Waals surface area contributed by atoms with E-state index >= 15 is 0 Å². The minimum Gasteiger partial charge on any atom is -0.323 e. The Morgan fingerprint density at radius 3 is 2.64 bits per heavy atom. The van der Waals surface area contributed by atoms with Crippen LogP contribution in [0.2, 0.25) is 0 Å². The molecule has 1 N–H and O–H groups in total. The largest absolute Gasteiger partial charge is 0.323 e. The Bertz CT molecular complexity index is 1330. The first-order valence-electron chi connectivity index (χ1n) is 10.0. The van der Waals surface area contributed by atoms with Crippen molar-refractivity contribution < 1.29 is 14.0 Å². The van der Waals surface area contributed by atoms with Crippen LogP contribution in [0.25, 0.3) is 0 Å². The monoisotopic (exact) mass is 522 g/mol. The number of para-hydroxylation sites is 1. The Balaban J connectivity index is 1.40. The van der Waals surface area contributed by atoms with Gasteiger partial charge in [0.1, 0.15) is 11.7 Å². The number of benzene rings is 3. The van der Waals surface area contributed by atoms with Gasteiger partial charge in [-0.15, -0.1) is 0 Å². The summed E-state index contributed by atoms with van der Waals surface area (Å²) >= 11 is 4.30. The van der Waals surface area contributed by atoms with Crippen molar-refractivity contribution in [3.05, 3.63) is 94.2 Å². The number of hydrogen-bond acceptors (Lipinski definition) is 5. The van der Waals surface area contributed by atoms with Crippen LogP contribution >= 0.6 is 27.7 Å². The first kappa shape index (κ1) is 21.5. The molecule has 0 saturated carbocycles. The van der Waals surface area contributed by atoms with Crippen LogP contribution in [-0.2, 0) is 9.59 Å². The number of aliphatic imine (C=N–C) groups is 2. The summed E-state index contributed by atoms with van der Waals surface area (Å²) in [6, 6.07) is 20.5. The number of fused-ring (bicyclic) bond motifs is 3. The van der Waals surface area contributed by atoms with Crippen LogP contribution < -0.4 is 5.32 Å². The number of amides is 2. The van der Waals surface area contributed by atoms with Crippen molar-refractivity contribution in [2.45, 2.75) is 6.04 Å². The predicted octanol–water partition coefficient (Wildman–Crippen LogP) is 5.29. The number of carbonyl (C=O) groups excluding carboxylic acids is 2. The Morgan fingerprint density at radius 1 is 1.09 bits per heavy atom. The molecule has 0 aromatic heterocycles. The maximum Gasteiger partial charge on any atom is 0.263 e. The molecular formula is C24H16BrFN4O2S. The third-order valence-electron chi connectivity index (χ3n) is 5.12. The Hall–Kier alpha value is -3.30. The fourth-order valence-electron chi connectivity index (χ4n) is 3.61. The highest BCUT2D eigenvalue weighted by Gasteiger charge is 2.42. The third-order valence-corrected chi connectivity index (χ3v) is 6.55. The SMILES string of the molecule is O=C(CSC1=Nc2ccccc2C2=N[C@@H](c3ccccc3)C(=O)N12)Nc1ccc(Br)cc1F. The number of amidine groups is 2. The maximum absolute atomic E-state index is 14.1. The number of halogens is 2. The van der Waals surface area contributed by atoms with Crippen molar-refractivity contribution in [1.82, 2.24) is 4.90 Å². The van der Waals surface area contributed by atoms with Crippen molar-refractivity contribution in [3.63, 3.8) is 0 Å². The van der Waals surface area contributed by atoms with Gasteiger partial charge in [0.15, 0.2) is 11.2 Å². The van der Waals surface area contributed by atoms with Crippen LogP contribution in [0.3, 0.4) is 0 Å². The van der Waals surface area contributed by atoms with Crippen LogP contribution in [0.1, 0.15) is 17.2 Å². The molecule has 5 rings (SSSR count). The van der Waals surface area contributed by atoms with Gasteiger partial charge in [0, 0.05) is 10.0 Å². The van der Waals surface area contributed by atoms with Gasteiger partial charge >= 0.3 is 0 Å². The highest BCUT2D eigenvalue weighted by Crippen LogP contribution is 2.37. The Morgan fingerprint density at radius 2 is 1.85 bits per heavy atom. The van der Waals surface area contributed by atoms with E-state index in [1.165, 1.54) is 17.0 Å². The van der Waals surface area contributed by atoms with Crippen LogP contribution in [0.4, 0.5) is 15.8 Å². The molecule has 9 heteroatoms. The van der Waals surface area contributed by atoms with Gasteiger partial charge in [-0.2, -0.15) is 0 Å². The second-order valence-electron chi connectivity index (χ2n) is 7.31. The molecule has 2 heterocycles. The highest BCUT2D eigenvalue weighted by molar-refractivity contribution is 9.10. The third kappa shape index (κ3) is 4.21. The molecule has 2 aliphatic heterocycles. The fourth-order valence-corrected chi connectivity index (χ4v) is 4.74. The average Bonchev–Trinajstić information content (AvgIpc) is 3.17. The van der Waals surface area contributed by atoms with Gasteiger partial charge in [-0.1, -0.05) is 70.2 Å². The van der Waals surface area contributed by atoms with Crippen LogP contribution in [0, 0.1) is 5.82 Å². The molecule has 1 atom stereocenters. The van der Waals surface area contributed by atoms with E-state index in [1.54, 1.807) is 6.07 Å². The van der Waals surface area contributed by atoms with Gasteiger partial charge in [-0.3, -0.25) is 9.59 Å². The standard InChI is InChI=1S/C24H16BrFN4O2S/c25-15-10-11-19(17(26)12-15)27-20(31)13-33-24-28-18-9-5-4-8-16(18)22-29-21(23(32)30(22)24)14-6-2-1-3-7-14/h1-12,21H,13H2,(H,27,31)/t21-/m0/s1. The lowest BCUT2D eigenvalue weighted by atomic mass is 10.1. The van der Waals surface area contributed by atoms with E-state index in [4.69, 9.17) is 4.99 Å². The van der Waals surface area contributed by atoms with E-state index in [0.717, 1.165) is 22.9 Å². The number of nitrogens with one attached hydrogen (secondary N) is 1. The molecule has 6 nitrogen and oxygen atoms in total. The molecule has 0 bridgehead atoms. The smallest absolute Gasteiger partial charge is 0.263 e. The minimum atomic E-state index is -0.677. The lowest BCUT2D eigenvalue weighted by Gasteiger charge is -2.25. The quantitative estimate of drug-likeness (QED) is 0.505. The predicted molar refractivity (Wildman–Crippen MR) is 131 cm³/mol. The summed E-state index contributed by atoms with van der Waals surface area (Å²) in [4.78, 5) is 36.6. The van der Waals surface area contributed by atoms with E-state index < -0.39 is 17.8 Å². The summed E-state index contributed by atoms with van der Waals surface area (Å²) in [5, 5.41) is 2.92. The number of thioether (sulfide) groups is 1. The molecule has 0 unspecified atom stereocenters. The maximum atomic E-state index is 14.1. The summed E-state index contributed by atoms with van der Waals surface area (Å²) in [5.41, 5.74) is 2.31. The van der Waals surface area contributed by atoms with E-state index in [1.807, 2.05) is 54.6 Å². The first-order chi connectivity index (χ1) is 16.0. The van der Waals surface area contributed by atoms with E-state index in [2.05, 4.69) is 26.2 Å². The topological polar surface area (TPSA) is 74.1 Å². The van der Waals surface area contributed by atoms with Gasteiger partial charge in [-0.25, -0.2) is 19.3 Å². The number of rotatable bonds is 4. The molecule has 164 valence electrons. The Kier molecular flexibility index (Phi) is 5.82.